The molecule has 0 bridgehead atoms. The molecule has 1 aliphatic rings. The molecule has 8 heteroatoms. The lowest BCUT2D eigenvalue weighted by Gasteiger charge is -2.27. The van der Waals surface area contributed by atoms with Crippen molar-refractivity contribution in [1.29, 1.82) is 0 Å². The highest BCUT2D eigenvalue weighted by molar-refractivity contribution is 5.37. The number of aromatic nitrogens is 4. The Kier molecular flexibility index (Phi) is 4.97. The van der Waals surface area contributed by atoms with Gasteiger partial charge in [-0.3, -0.25) is 0 Å². The first-order valence-electron chi connectivity index (χ1n) is 8.88. The lowest BCUT2D eigenvalue weighted by Crippen LogP contribution is -2.44. The first-order chi connectivity index (χ1) is 13.2. The lowest BCUT2D eigenvalue weighted by molar-refractivity contribution is 0.395. The lowest BCUT2D eigenvalue weighted by atomic mass is 10.2. The van der Waals surface area contributed by atoms with Crippen LogP contribution in [0, 0.1) is 5.82 Å². The summed E-state index contributed by atoms with van der Waals surface area (Å²) in [6, 6.07) is 8.09. The zero-order chi connectivity index (χ0) is 18.6. The molecule has 1 N–H and O–H groups in total. The van der Waals surface area contributed by atoms with Crippen molar-refractivity contribution in [2.45, 2.75) is 6.42 Å². The number of ether oxygens (including phenoxy) is 1. The topological polar surface area (TPSA) is 68.1 Å². The van der Waals surface area contributed by atoms with E-state index in [0.29, 0.717) is 18.2 Å². The van der Waals surface area contributed by atoms with Crippen molar-refractivity contribution in [3.8, 4) is 11.6 Å². The summed E-state index contributed by atoms with van der Waals surface area (Å²) in [5, 5.41) is 7.69. The van der Waals surface area contributed by atoms with Crippen molar-refractivity contribution in [2.24, 2.45) is 0 Å². The zero-order valence-electron chi connectivity index (χ0n) is 15.1. The van der Waals surface area contributed by atoms with E-state index in [1.807, 2.05) is 12.3 Å². The maximum Gasteiger partial charge on any atom is 0.228 e. The Labute approximate surface area is 156 Å². The first kappa shape index (κ1) is 17.4. The predicted octanol–water partition coefficient (Wildman–Crippen LogP) is 1.81. The monoisotopic (exact) mass is 368 g/mol. The van der Waals surface area contributed by atoms with Crippen LogP contribution in [0.3, 0.4) is 0 Å². The van der Waals surface area contributed by atoms with Gasteiger partial charge >= 0.3 is 0 Å². The highest BCUT2D eigenvalue weighted by Crippen LogP contribution is 2.19. The summed E-state index contributed by atoms with van der Waals surface area (Å²) in [7, 11) is 1.61. The molecule has 7 nitrogen and oxygen atoms in total. The highest BCUT2D eigenvalue weighted by Gasteiger charge is 2.16. The number of rotatable bonds is 5. The normalized spacial score (nSPS) is 14.4. The molecular formula is C19H21FN6O. The summed E-state index contributed by atoms with van der Waals surface area (Å²) in [4.78, 5) is 11.4. The standard InChI is InChI=1S/C19H21FN6O/c1-27-18-11-16(23-19(24-18)25-8-6-21-7-9-25)10-14-12-22-26(13-14)17-4-2-15(20)3-5-17/h2-5,11-13,21H,6-10H2,1H3. The molecule has 0 atom stereocenters. The van der Waals surface area contributed by atoms with Gasteiger partial charge < -0.3 is 15.0 Å². The fourth-order valence-electron chi connectivity index (χ4n) is 3.06. The Morgan fingerprint density at radius 1 is 1.15 bits per heavy atom. The summed E-state index contributed by atoms with van der Waals surface area (Å²) in [5.41, 5.74) is 2.69. The van der Waals surface area contributed by atoms with Gasteiger partial charge in [0.15, 0.2) is 0 Å². The fraction of sp³-hybridized carbons (Fsp3) is 0.316. The highest BCUT2D eigenvalue weighted by atomic mass is 19.1. The van der Waals surface area contributed by atoms with Crippen LogP contribution in [0.2, 0.25) is 0 Å². The van der Waals surface area contributed by atoms with Gasteiger partial charge in [-0.25, -0.2) is 14.1 Å². The van der Waals surface area contributed by atoms with Crippen molar-refractivity contribution in [3.63, 3.8) is 0 Å². The number of anilines is 1. The molecule has 1 aromatic carbocycles. The van der Waals surface area contributed by atoms with Crippen LogP contribution in [0.5, 0.6) is 5.88 Å². The van der Waals surface area contributed by atoms with Crippen molar-refractivity contribution < 1.29 is 9.13 Å². The molecule has 0 saturated carbocycles. The molecule has 3 aromatic rings. The predicted molar refractivity (Wildman–Crippen MR) is 100.0 cm³/mol. The minimum absolute atomic E-state index is 0.264. The second-order valence-electron chi connectivity index (χ2n) is 6.39. The van der Waals surface area contributed by atoms with Gasteiger partial charge in [0.2, 0.25) is 11.8 Å². The van der Waals surface area contributed by atoms with Crippen molar-refractivity contribution in [1.82, 2.24) is 25.1 Å². The third-order valence-corrected chi connectivity index (χ3v) is 4.47. The average Bonchev–Trinajstić information content (AvgIpc) is 3.17. The Morgan fingerprint density at radius 2 is 1.93 bits per heavy atom. The van der Waals surface area contributed by atoms with Gasteiger partial charge in [0.1, 0.15) is 5.82 Å². The minimum Gasteiger partial charge on any atom is -0.481 e. The Hall–Kier alpha value is -3.00. The summed E-state index contributed by atoms with van der Waals surface area (Å²) in [5.74, 6) is 0.982. The number of piperazine rings is 1. The van der Waals surface area contributed by atoms with Crippen molar-refractivity contribution >= 4 is 5.95 Å². The van der Waals surface area contributed by atoms with E-state index < -0.39 is 0 Å². The molecule has 1 fully saturated rings. The summed E-state index contributed by atoms with van der Waals surface area (Å²) in [6.07, 6.45) is 4.33. The quantitative estimate of drug-likeness (QED) is 0.741. The van der Waals surface area contributed by atoms with Gasteiger partial charge in [0.05, 0.1) is 24.7 Å². The van der Waals surface area contributed by atoms with E-state index in [-0.39, 0.29) is 5.82 Å². The maximum absolute atomic E-state index is 13.1. The second-order valence-corrected chi connectivity index (χ2v) is 6.39. The van der Waals surface area contributed by atoms with E-state index in [2.05, 4.69) is 20.3 Å². The Bertz CT molecular complexity index is 905. The molecule has 3 heterocycles. The van der Waals surface area contributed by atoms with Gasteiger partial charge in [-0.1, -0.05) is 0 Å². The van der Waals surface area contributed by atoms with Crippen LogP contribution in [-0.4, -0.2) is 53.0 Å². The van der Waals surface area contributed by atoms with Gasteiger partial charge in [-0.05, 0) is 29.8 Å². The SMILES string of the molecule is COc1cc(Cc2cnn(-c3ccc(F)cc3)c2)nc(N2CCNCC2)n1. The third kappa shape index (κ3) is 4.06. The largest absolute Gasteiger partial charge is 0.481 e. The molecular weight excluding hydrogens is 347 g/mol. The number of benzene rings is 1. The van der Waals surface area contributed by atoms with E-state index in [9.17, 15) is 4.39 Å². The summed E-state index contributed by atoms with van der Waals surface area (Å²) >= 11 is 0. The molecule has 2 aromatic heterocycles. The number of nitrogens with zero attached hydrogens (tertiary/aromatic N) is 5. The van der Waals surface area contributed by atoms with Crippen LogP contribution >= 0.6 is 0 Å². The maximum atomic E-state index is 13.1. The van der Waals surface area contributed by atoms with Gasteiger partial charge in [0.25, 0.3) is 0 Å². The van der Waals surface area contributed by atoms with E-state index in [1.165, 1.54) is 12.1 Å². The number of nitrogens with one attached hydrogen (secondary N) is 1. The average molecular weight is 368 g/mol. The number of methoxy groups -OCH3 is 1. The molecule has 140 valence electrons. The molecule has 4 rings (SSSR count). The molecule has 0 amide bonds. The van der Waals surface area contributed by atoms with E-state index in [1.54, 1.807) is 30.1 Å². The van der Waals surface area contributed by atoms with Crippen molar-refractivity contribution in [2.75, 3.05) is 38.2 Å². The Balaban J connectivity index is 1.56. The van der Waals surface area contributed by atoms with Crippen LogP contribution in [-0.2, 0) is 6.42 Å². The van der Waals surface area contributed by atoms with E-state index in [0.717, 1.165) is 43.1 Å². The van der Waals surface area contributed by atoms with Gasteiger partial charge in [-0.15, -0.1) is 0 Å². The van der Waals surface area contributed by atoms with E-state index >= 15 is 0 Å². The van der Waals surface area contributed by atoms with Crippen LogP contribution in [0.4, 0.5) is 10.3 Å². The van der Waals surface area contributed by atoms with Crippen molar-refractivity contribution in [3.05, 3.63) is 59.8 Å². The third-order valence-electron chi connectivity index (χ3n) is 4.47. The fourth-order valence-corrected chi connectivity index (χ4v) is 3.06. The molecule has 1 aliphatic heterocycles. The number of hydrogen-bond donors (Lipinski definition) is 1. The van der Waals surface area contributed by atoms with Gasteiger partial charge in [-0.2, -0.15) is 10.1 Å². The van der Waals surface area contributed by atoms with Crippen LogP contribution in [0.1, 0.15) is 11.3 Å². The zero-order valence-corrected chi connectivity index (χ0v) is 15.1. The molecule has 27 heavy (non-hydrogen) atoms. The van der Waals surface area contributed by atoms with Crippen LogP contribution in [0.15, 0.2) is 42.7 Å². The minimum atomic E-state index is -0.264. The first-order valence-corrected chi connectivity index (χ1v) is 8.88. The number of hydrogen-bond acceptors (Lipinski definition) is 6. The molecule has 1 saturated heterocycles. The molecule has 0 spiro atoms. The van der Waals surface area contributed by atoms with E-state index in [4.69, 9.17) is 9.72 Å². The van der Waals surface area contributed by atoms with Crippen LogP contribution < -0.4 is 15.0 Å². The molecule has 0 radical (unpaired) electrons. The smallest absolute Gasteiger partial charge is 0.228 e. The van der Waals surface area contributed by atoms with Gasteiger partial charge in [0, 0.05) is 44.9 Å². The molecule has 0 unspecified atom stereocenters. The Morgan fingerprint density at radius 3 is 2.67 bits per heavy atom. The summed E-state index contributed by atoms with van der Waals surface area (Å²) < 4.78 is 20.2. The summed E-state index contributed by atoms with van der Waals surface area (Å²) in [6.45, 7) is 3.57. The second kappa shape index (κ2) is 7.71. The number of halogens is 1. The van der Waals surface area contributed by atoms with Crippen LogP contribution in [0.25, 0.3) is 5.69 Å². The molecule has 0 aliphatic carbocycles.